The van der Waals surface area contributed by atoms with Crippen LogP contribution in [0.2, 0.25) is 5.15 Å². The molecule has 6 heteroatoms. The van der Waals surface area contributed by atoms with Gasteiger partial charge in [-0.05, 0) is 24.8 Å². The lowest BCUT2D eigenvalue weighted by atomic mass is 10.1. The fourth-order valence-corrected chi connectivity index (χ4v) is 3.18. The van der Waals surface area contributed by atoms with Crippen LogP contribution in [0.4, 0.5) is 0 Å². The molecule has 0 saturated heterocycles. The van der Waals surface area contributed by atoms with Gasteiger partial charge in [0.2, 0.25) is 0 Å². The topological polar surface area (TPSA) is 68.0 Å². The monoisotopic (exact) mass is 275 g/mol. The van der Waals surface area contributed by atoms with E-state index in [1.807, 2.05) is 0 Å². The van der Waals surface area contributed by atoms with Crippen LogP contribution < -0.4 is 0 Å². The molecule has 2 aromatic heterocycles. The van der Waals surface area contributed by atoms with Gasteiger partial charge >= 0.3 is 5.97 Å². The number of fused-ring (bicyclic) bond motifs is 3. The Hall–Kier alpha value is -1.88. The predicted octanol–water partition coefficient (Wildman–Crippen LogP) is 2.28. The zero-order valence-corrected chi connectivity index (χ0v) is 10.6. The zero-order valence-electron chi connectivity index (χ0n) is 9.88. The highest BCUT2D eigenvalue weighted by Crippen LogP contribution is 2.57. The quantitative estimate of drug-likeness (QED) is 0.854. The first-order valence-corrected chi connectivity index (χ1v) is 6.50. The molecule has 2 aromatic rings. The van der Waals surface area contributed by atoms with Crippen LogP contribution in [0, 0.1) is 5.92 Å². The molecule has 0 aliphatic heterocycles. The third-order valence-corrected chi connectivity index (χ3v) is 4.13. The largest absolute Gasteiger partial charge is 0.476 e. The second-order valence-electron chi connectivity index (χ2n) is 5.07. The van der Waals surface area contributed by atoms with E-state index in [4.69, 9.17) is 11.6 Å². The number of carboxylic acids is 1. The summed E-state index contributed by atoms with van der Waals surface area (Å²) in [4.78, 5) is 15.2. The van der Waals surface area contributed by atoms with E-state index in [9.17, 15) is 9.90 Å². The van der Waals surface area contributed by atoms with Gasteiger partial charge < -0.3 is 5.11 Å². The third kappa shape index (κ3) is 1.51. The molecule has 0 unspecified atom stereocenters. The molecule has 4 rings (SSSR count). The van der Waals surface area contributed by atoms with Crippen molar-refractivity contribution in [2.24, 2.45) is 5.92 Å². The van der Waals surface area contributed by atoms with E-state index in [0.29, 0.717) is 17.0 Å². The van der Waals surface area contributed by atoms with E-state index in [1.165, 1.54) is 0 Å². The lowest BCUT2D eigenvalue weighted by Crippen LogP contribution is -2.04. The molecule has 2 aliphatic carbocycles. The highest BCUT2D eigenvalue weighted by Gasteiger charge is 2.50. The summed E-state index contributed by atoms with van der Waals surface area (Å²) >= 11 is 5.89. The summed E-state index contributed by atoms with van der Waals surface area (Å²) in [6.45, 7) is 0. The minimum atomic E-state index is -0.962. The van der Waals surface area contributed by atoms with Crippen molar-refractivity contribution in [3.05, 3.63) is 40.4 Å². The lowest BCUT2D eigenvalue weighted by Gasteiger charge is -2.06. The van der Waals surface area contributed by atoms with Crippen molar-refractivity contribution in [2.75, 3.05) is 0 Å². The summed E-state index contributed by atoms with van der Waals surface area (Å²) < 4.78 is 1.73. The van der Waals surface area contributed by atoms with Gasteiger partial charge in [0.25, 0.3) is 0 Å². The molecule has 0 radical (unpaired) electrons. The highest BCUT2D eigenvalue weighted by molar-refractivity contribution is 6.29. The molecule has 5 nitrogen and oxygen atoms in total. The van der Waals surface area contributed by atoms with E-state index in [1.54, 1.807) is 23.0 Å². The second-order valence-corrected chi connectivity index (χ2v) is 5.46. The molecule has 0 spiro atoms. The number of aromatic nitrogens is 3. The van der Waals surface area contributed by atoms with Gasteiger partial charge in [0.05, 0.1) is 11.4 Å². The van der Waals surface area contributed by atoms with Gasteiger partial charge in [-0.2, -0.15) is 5.10 Å². The van der Waals surface area contributed by atoms with Crippen molar-refractivity contribution in [3.8, 4) is 5.69 Å². The maximum atomic E-state index is 11.3. The fraction of sp³-hybridized carbons (Fsp3) is 0.308. The molecule has 1 fully saturated rings. The summed E-state index contributed by atoms with van der Waals surface area (Å²) in [5.74, 6) is 0.105. The summed E-state index contributed by atoms with van der Waals surface area (Å²) in [5.41, 5.74) is 2.89. The van der Waals surface area contributed by atoms with Gasteiger partial charge in [-0.1, -0.05) is 11.6 Å². The summed E-state index contributed by atoms with van der Waals surface area (Å²) in [5, 5.41) is 13.9. The number of rotatable bonds is 2. The molecule has 96 valence electrons. The van der Waals surface area contributed by atoms with Crippen LogP contribution in [-0.2, 0) is 6.42 Å². The van der Waals surface area contributed by atoms with Gasteiger partial charge in [0, 0.05) is 23.7 Å². The minimum absolute atomic E-state index is 0.176. The molecular weight excluding hydrogens is 266 g/mol. The summed E-state index contributed by atoms with van der Waals surface area (Å²) in [6.07, 6.45) is 3.57. The molecule has 2 heterocycles. The Balaban J connectivity index is 1.94. The number of carboxylic acid groups (broad SMARTS) is 1. The van der Waals surface area contributed by atoms with Crippen molar-refractivity contribution in [1.29, 1.82) is 0 Å². The van der Waals surface area contributed by atoms with E-state index < -0.39 is 5.97 Å². The normalized spacial score (nSPS) is 23.0. The number of hydrogen-bond acceptors (Lipinski definition) is 3. The smallest absolute Gasteiger partial charge is 0.356 e. The number of pyridine rings is 1. The fourth-order valence-electron chi connectivity index (χ4n) is 3.01. The van der Waals surface area contributed by atoms with Gasteiger partial charge in [-0.15, -0.1) is 0 Å². The summed E-state index contributed by atoms with van der Waals surface area (Å²) in [7, 11) is 0. The van der Waals surface area contributed by atoms with Crippen LogP contribution in [0.3, 0.4) is 0 Å². The van der Waals surface area contributed by atoms with Crippen LogP contribution in [0.1, 0.15) is 34.1 Å². The maximum Gasteiger partial charge on any atom is 0.356 e. The zero-order chi connectivity index (χ0) is 13.1. The molecule has 1 saturated carbocycles. The molecule has 2 aliphatic rings. The van der Waals surface area contributed by atoms with Gasteiger partial charge in [-0.25, -0.2) is 14.5 Å². The Morgan fingerprint density at radius 1 is 1.53 bits per heavy atom. The van der Waals surface area contributed by atoms with E-state index in [-0.39, 0.29) is 5.69 Å². The standard InChI is InChI=1S/C13H10ClN3O2/c14-10-5-7(1-2-15-10)17-12-8-3-6(8)4-9(12)11(16-17)13(18)19/h1-2,5-6,8H,3-4H2,(H,18,19)/t6-,8-/m1/s1. The summed E-state index contributed by atoms with van der Waals surface area (Å²) in [6, 6.07) is 3.50. The van der Waals surface area contributed by atoms with Crippen molar-refractivity contribution in [2.45, 2.75) is 18.8 Å². The first kappa shape index (κ1) is 11.0. The first-order chi connectivity index (χ1) is 9.15. The molecule has 0 bridgehead atoms. The maximum absolute atomic E-state index is 11.3. The van der Waals surface area contributed by atoms with Crippen molar-refractivity contribution >= 4 is 17.6 Å². The molecular formula is C13H10ClN3O2. The molecule has 2 atom stereocenters. The Labute approximate surface area is 113 Å². The number of aromatic carboxylic acids is 1. The average molecular weight is 276 g/mol. The van der Waals surface area contributed by atoms with Crippen LogP contribution in [0.5, 0.6) is 0 Å². The van der Waals surface area contributed by atoms with E-state index >= 15 is 0 Å². The molecule has 0 aromatic carbocycles. The van der Waals surface area contributed by atoms with Crippen LogP contribution >= 0.6 is 11.6 Å². The Bertz CT molecular complexity index is 710. The second kappa shape index (κ2) is 3.57. The lowest BCUT2D eigenvalue weighted by molar-refractivity contribution is 0.0689. The highest BCUT2D eigenvalue weighted by atomic mass is 35.5. The number of carbonyl (C=O) groups is 1. The van der Waals surface area contributed by atoms with Gasteiger partial charge in [0.1, 0.15) is 5.15 Å². The third-order valence-electron chi connectivity index (χ3n) is 3.92. The Kier molecular flexibility index (Phi) is 2.07. The number of halogens is 1. The Morgan fingerprint density at radius 3 is 3.11 bits per heavy atom. The van der Waals surface area contributed by atoms with Crippen molar-refractivity contribution in [1.82, 2.24) is 14.8 Å². The molecule has 0 amide bonds. The van der Waals surface area contributed by atoms with Gasteiger partial charge in [0.15, 0.2) is 5.69 Å². The average Bonchev–Trinajstić information content (AvgIpc) is 2.87. The first-order valence-electron chi connectivity index (χ1n) is 6.12. The van der Waals surface area contributed by atoms with Crippen LogP contribution in [0.25, 0.3) is 5.69 Å². The SMILES string of the molecule is O=C(O)c1nn(-c2ccnc(Cl)c2)c2c1C[C@H]1C[C@@H]21. The minimum Gasteiger partial charge on any atom is -0.476 e. The molecule has 1 N–H and O–H groups in total. The van der Waals surface area contributed by atoms with Crippen LogP contribution in [0.15, 0.2) is 18.3 Å². The van der Waals surface area contributed by atoms with Crippen LogP contribution in [-0.4, -0.2) is 25.8 Å². The number of nitrogens with zero attached hydrogens (tertiary/aromatic N) is 3. The molecule has 19 heavy (non-hydrogen) atoms. The van der Waals surface area contributed by atoms with Crippen molar-refractivity contribution < 1.29 is 9.90 Å². The van der Waals surface area contributed by atoms with E-state index in [0.717, 1.165) is 29.8 Å². The predicted molar refractivity (Wildman–Crippen MR) is 67.9 cm³/mol. The van der Waals surface area contributed by atoms with Crippen molar-refractivity contribution in [3.63, 3.8) is 0 Å². The Morgan fingerprint density at radius 2 is 2.37 bits per heavy atom. The number of hydrogen-bond donors (Lipinski definition) is 1. The van der Waals surface area contributed by atoms with Gasteiger partial charge in [-0.3, -0.25) is 0 Å². The van der Waals surface area contributed by atoms with E-state index in [2.05, 4.69) is 10.1 Å².